The lowest BCUT2D eigenvalue weighted by atomic mass is 9.73. The van der Waals surface area contributed by atoms with Crippen molar-refractivity contribution in [2.75, 3.05) is 19.8 Å². The van der Waals surface area contributed by atoms with Crippen LogP contribution in [0.2, 0.25) is 5.02 Å². The normalized spacial score (nSPS) is 18.8. The monoisotopic (exact) mass is 578 g/mol. The number of hydrogen-bond donors (Lipinski definition) is 2. The van der Waals surface area contributed by atoms with E-state index in [0.717, 1.165) is 40.8 Å². The van der Waals surface area contributed by atoms with E-state index in [0.29, 0.717) is 17.5 Å². The summed E-state index contributed by atoms with van der Waals surface area (Å²) in [5, 5.41) is 12.7. The first kappa shape index (κ1) is 30.1. The number of carboxylic acid groups (broad SMARTS) is 1. The first-order chi connectivity index (χ1) is 18.9. The first-order valence-corrected chi connectivity index (χ1v) is 14.1. The molecule has 0 heterocycles. The van der Waals surface area contributed by atoms with Crippen LogP contribution in [0.25, 0.3) is 0 Å². The van der Waals surface area contributed by atoms with Crippen molar-refractivity contribution in [3.63, 3.8) is 0 Å². The molecule has 4 rings (SSSR count). The molecule has 0 aliphatic heterocycles. The number of ether oxygens (including phenoxy) is 2. The van der Waals surface area contributed by atoms with Gasteiger partial charge in [0.2, 0.25) is 0 Å². The van der Waals surface area contributed by atoms with Gasteiger partial charge >= 0.3 is 12.0 Å². The third kappa shape index (κ3) is 6.36. The van der Waals surface area contributed by atoms with Crippen LogP contribution in [0.3, 0.4) is 0 Å². The Bertz CT molecular complexity index is 1240. The number of aliphatic carboxylic acids is 1. The van der Waals surface area contributed by atoms with E-state index in [1.165, 1.54) is 4.90 Å². The highest BCUT2D eigenvalue weighted by Crippen LogP contribution is 2.48. The zero-order valence-electron chi connectivity index (χ0n) is 23.3. The SMILES string of the molecule is CCOc1c(C2CC2)ccc([C@@H](C)N(CCO[C@H](C)c2ccccc2Cl)C(=O)NC2(C(=O)O)CC(F)(F)C2)c1C. The number of hydrogen-bond acceptors (Lipinski definition) is 4. The fourth-order valence-corrected chi connectivity index (χ4v) is 5.78. The number of urea groups is 1. The zero-order chi connectivity index (χ0) is 29.2. The molecule has 2 aromatic carbocycles. The Morgan fingerprint density at radius 2 is 1.82 bits per heavy atom. The molecule has 40 heavy (non-hydrogen) atoms. The quantitative estimate of drug-likeness (QED) is 0.282. The molecule has 10 heteroatoms. The molecule has 2 aliphatic rings. The number of benzene rings is 2. The lowest BCUT2D eigenvalue weighted by Gasteiger charge is -2.45. The molecule has 2 aromatic rings. The van der Waals surface area contributed by atoms with E-state index in [-0.39, 0.29) is 19.3 Å². The summed E-state index contributed by atoms with van der Waals surface area (Å²) in [6, 6.07) is 10.0. The molecule has 0 bridgehead atoms. The van der Waals surface area contributed by atoms with E-state index in [1.54, 1.807) is 6.07 Å². The largest absolute Gasteiger partial charge is 0.493 e. The van der Waals surface area contributed by atoms with Crippen molar-refractivity contribution in [3.8, 4) is 5.75 Å². The molecule has 0 spiro atoms. The number of nitrogens with zero attached hydrogens (tertiary/aromatic N) is 1. The zero-order valence-corrected chi connectivity index (χ0v) is 24.1. The minimum absolute atomic E-state index is 0.0850. The molecule has 2 N–H and O–H groups in total. The summed E-state index contributed by atoms with van der Waals surface area (Å²) >= 11 is 6.30. The van der Waals surface area contributed by atoms with Gasteiger partial charge in [0.1, 0.15) is 5.75 Å². The smallest absolute Gasteiger partial charge is 0.329 e. The molecule has 0 aromatic heterocycles. The maximum Gasteiger partial charge on any atom is 0.329 e. The Morgan fingerprint density at radius 1 is 1.15 bits per heavy atom. The number of nitrogens with one attached hydrogen (secondary N) is 1. The van der Waals surface area contributed by atoms with Gasteiger partial charge in [0.05, 0.1) is 25.4 Å². The van der Waals surface area contributed by atoms with Crippen LogP contribution in [0.15, 0.2) is 36.4 Å². The fourth-order valence-electron chi connectivity index (χ4n) is 5.49. The van der Waals surface area contributed by atoms with Crippen molar-refractivity contribution in [2.24, 2.45) is 0 Å². The number of carboxylic acids is 1. The highest BCUT2D eigenvalue weighted by molar-refractivity contribution is 6.31. The van der Waals surface area contributed by atoms with Crippen molar-refractivity contribution in [3.05, 3.63) is 63.7 Å². The maximum atomic E-state index is 13.8. The van der Waals surface area contributed by atoms with Crippen LogP contribution >= 0.6 is 11.6 Å². The lowest BCUT2D eigenvalue weighted by Crippen LogP contribution is -2.68. The molecule has 2 atom stereocenters. The second-order valence-corrected chi connectivity index (χ2v) is 11.2. The molecule has 0 unspecified atom stereocenters. The van der Waals surface area contributed by atoms with Crippen LogP contribution < -0.4 is 10.1 Å². The fraction of sp³-hybridized carbons (Fsp3) is 0.533. The lowest BCUT2D eigenvalue weighted by molar-refractivity contribution is -0.175. The van der Waals surface area contributed by atoms with Crippen LogP contribution in [-0.2, 0) is 9.53 Å². The number of carbonyl (C=O) groups is 2. The highest BCUT2D eigenvalue weighted by atomic mass is 35.5. The van der Waals surface area contributed by atoms with Crippen LogP contribution in [0.4, 0.5) is 13.6 Å². The Balaban J connectivity index is 1.58. The second-order valence-electron chi connectivity index (χ2n) is 10.8. The van der Waals surface area contributed by atoms with Gasteiger partial charge in [-0.05, 0) is 74.8 Å². The number of carbonyl (C=O) groups excluding carboxylic acids is 1. The van der Waals surface area contributed by atoms with Gasteiger partial charge in [0, 0.05) is 24.4 Å². The van der Waals surface area contributed by atoms with E-state index < -0.39 is 42.3 Å². The van der Waals surface area contributed by atoms with E-state index in [9.17, 15) is 23.5 Å². The van der Waals surface area contributed by atoms with Crippen molar-refractivity contribution in [2.45, 2.75) is 82.9 Å². The summed E-state index contributed by atoms with van der Waals surface area (Å²) in [7, 11) is 0. The average Bonchev–Trinajstić information content (AvgIpc) is 3.71. The average molecular weight is 579 g/mol. The minimum atomic E-state index is -3.14. The van der Waals surface area contributed by atoms with Crippen LogP contribution in [0, 0.1) is 6.92 Å². The van der Waals surface area contributed by atoms with Crippen molar-refractivity contribution >= 4 is 23.6 Å². The molecule has 0 radical (unpaired) electrons. The number of alkyl halides is 2. The summed E-state index contributed by atoms with van der Waals surface area (Å²) in [5.74, 6) is -3.36. The first-order valence-electron chi connectivity index (χ1n) is 13.7. The van der Waals surface area contributed by atoms with E-state index in [1.807, 2.05) is 58.0 Å². The predicted molar refractivity (Wildman–Crippen MR) is 148 cm³/mol. The van der Waals surface area contributed by atoms with Crippen molar-refractivity contribution < 1.29 is 33.0 Å². The molecule has 2 saturated carbocycles. The molecule has 0 saturated heterocycles. The molecule has 2 aliphatic carbocycles. The molecular weight excluding hydrogens is 542 g/mol. The van der Waals surface area contributed by atoms with Crippen molar-refractivity contribution in [1.82, 2.24) is 10.2 Å². The molecular formula is C30H37ClF2N2O5. The summed E-state index contributed by atoms with van der Waals surface area (Å²) in [5.41, 5.74) is 1.63. The van der Waals surface area contributed by atoms with Gasteiger partial charge in [0.15, 0.2) is 5.54 Å². The summed E-state index contributed by atoms with van der Waals surface area (Å²) in [6.45, 7) is 8.23. The van der Waals surface area contributed by atoms with Gasteiger partial charge in [-0.25, -0.2) is 18.4 Å². The second kappa shape index (κ2) is 11.9. The van der Waals surface area contributed by atoms with Crippen LogP contribution in [0.1, 0.15) is 86.8 Å². The van der Waals surface area contributed by atoms with Gasteiger partial charge in [-0.1, -0.05) is 41.9 Å². The highest BCUT2D eigenvalue weighted by Gasteiger charge is 2.62. The predicted octanol–water partition coefficient (Wildman–Crippen LogP) is 7.03. The van der Waals surface area contributed by atoms with Gasteiger partial charge in [0.25, 0.3) is 5.92 Å². The summed E-state index contributed by atoms with van der Waals surface area (Å²) in [4.78, 5) is 27.0. The Labute approximate surface area is 238 Å². The van der Waals surface area contributed by atoms with Crippen LogP contribution in [-0.4, -0.2) is 53.2 Å². The van der Waals surface area contributed by atoms with Gasteiger partial charge in [-0.2, -0.15) is 0 Å². The topological polar surface area (TPSA) is 88.1 Å². The van der Waals surface area contributed by atoms with Gasteiger partial charge in [-0.15, -0.1) is 0 Å². The Kier molecular flexibility index (Phi) is 8.95. The maximum absolute atomic E-state index is 13.8. The molecule has 2 amide bonds. The minimum Gasteiger partial charge on any atom is -0.493 e. The molecule has 218 valence electrons. The van der Waals surface area contributed by atoms with Gasteiger partial charge in [-0.3, -0.25) is 0 Å². The van der Waals surface area contributed by atoms with E-state index in [2.05, 4.69) is 5.32 Å². The van der Waals surface area contributed by atoms with Gasteiger partial charge < -0.3 is 24.8 Å². The summed E-state index contributed by atoms with van der Waals surface area (Å²) < 4.78 is 39.5. The standard InChI is InChI=1S/C30H37ClF2N2O5/c1-5-39-26-18(2)22(12-13-24(26)21-10-11-21)19(3)35(14-15-40-20(4)23-8-6-7-9-25(23)31)28(38)34-29(27(36)37)16-30(32,33)17-29/h6-9,12-13,19-21H,5,10-11,14-17H2,1-4H3,(H,34,38)(H,36,37)/t19-,20-/m1/s1. The Hall–Kier alpha value is -2.91. The third-order valence-corrected chi connectivity index (χ3v) is 8.23. The number of rotatable bonds is 12. The molecule has 7 nitrogen and oxygen atoms in total. The third-order valence-electron chi connectivity index (χ3n) is 7.88. The number of amides is 2. The van der Waals surface area contributed by atoms with E-state index in [4.69, 9.17) is 21.1 Å². The number of halogens is 3. The van der Waals surface area contributed by atoms with Crippen LogP contribution in [0.5, 0.6) is 5.75 Å². The van der Waals surface area contributed by atoms with E-state index >= 15 is 0 Å². The van der Waals surface area contributed by atoms with Crippen molar-refractivity contribution in [1.29, 1.82) is 0 Å². The summed E-state index contributed by atoms with van der Waals surface area (Å²) in [6.07, 6.45) is -0.0639. The molecule has 2 fully saturated rings. The Morgan fingerprint density at radius 3 is 2.40 bits per heavy atom.